The van der Waals surface area contributed by atoms with Gasteiger partial charge in [0.25, 0.3) is 5.91 Å². The number of aromatic nitrogens is 1. The molecular formula is C15H13BrN2O3S. The number of hydrogen-bond acceptors (Lipinski definition) is 5. The molecule has 1 aromatic carbocycles. The molecule has 0 aliphatic heterocycles. The average molecular weight is 381 g/mol. The lowest BCUT2D eigenvalue weighted by Gasteiger charge is -2.12. The van der Waals surface area contributed by atoms with Crippen molar-refractivity contribution in [3.63, 3.8) is 0 Å². The number of carbonyl (C=O) groups is 2. The van der Waals surface area contributed by atoms with Gasteiger partial charge in [-0.15, -0.1) is 11.3 Å². The number of carbonyl (C=O) groups excluding carboxylic acids is 2. The summed E-state index contributed by atoms with van der Waals surface area (Å²) in [4.78, 5) is 27.6. The van der Waals surface area contributed by atoms with Crippen LogP contribution in [0.4, 0.5) is 5.69 Å². The first-order chi connectivity index (χ1) is 10.5. The smallest absolute Gasteiger partial charge is 0.331 e. The second-order valence-electron chi connectivity index (χ2n) is 4.28. The maximum Gasteiger partial charge on any atom is 0.331 e. The summed E-state index contributed by atoms with van der Waals surface area (Å²) in [6.45, 7) is 1.52. The van der Waals surface area contributed by atoms with E-state index in [-0.39, 0.29) is 0 Å². The Hall–Kier alpha value is -1.99. The van der Waals surface area contributed by atoms with E-state index in [1.165, 1.54) is 24.3 Å². The summed E-state index contributed by atoms with van der Waals surface area (Å²) in [5.74, 6) is -0.980. The van der Waals surface area contributed by atoms with Crippen LogP contribution in [0.1, 0.15) is 11.9 Å². The first kappa shape index (κ1) is 16.4. The highest BCUT2D eigenvalue weighted by atomic mass is 79.9. The van der Waals surface area contributed by atoms with E-state index in [0.29, 0.717) is 10.7 Å². The average Bonchev–Trinajstić information content (AvgIpc) is 3.01. The molecule has 22 heavy (non-hydrogen) atoms. The summed E-state index contributed by atoms with van der Waals surface area (Å²) in [6, 6.07) is 7.11. The van der Waals surface area contributed by atoms with Gasteiger partial charge < -0.3 is 10.1 Å². The molecule has 0 bridgehead atoms. The zero-order valence-corrected chi connectivity index (χ0v) is 14.1. The Morgan fingerprint density at radius 3 is 2.73 bits per heavy atom. The van der Waals surface area contributed by atoms with E-state index in [1.54, 1.807) is 29.8 Å². The minimum Gasteiger partial charge on any atom is -0.449 e. The number of benzene rings is 1. The molecule has 0 saturated carbocycles. The summed E-state index contributed by atoms with van der Waals surface area (Å²) in [6.07, 6.45) is 3.55. The van der Waals surface area contributed by atoms with Crippen LogP contribution >= 0.6 is 27.3 Å². The Morgan fingerprint density at radius 1 is 1.36 bits per heavy atom. The van der Waals surface area contributed by atoms with E-state index in [4.69, 9.17) is 4.74 Å². The van der Waals surface area contributed by atoms with E-state index < -0.39 is 18.0 Å². The summed E-state index contributed by atoms with van der Waals surface area (Å²) >= 11 is 4.72. The lowest BCUT2D eigenvalue weighted by molar-refractivity contribution is -0.148. The number of nitrogens with zero attached hydrogens (tertiary/aromatic N) is 1. The number of ether oxygens (including phenoxy) is 1. The van der Waals surface area contributed by atoms with Crippen molar-refractivity contribution in [1.82, 2.24) is 4.98 Å². The highest BCUT2D eigenvalue weighted by molar-refractivity contribution is 9.10. The molecule has 1 amide bonds. The first-order valence-electron chi connectivity index (χ1n) is 6.39. The van der Waals surface area contributed by atoms with E-state index in [0.717, 1.165) is 4.47 Å². The highest BCUT2D eigenvalue weighted by Crippen LogP contribution is 2.14. The molecule has 0 spiro atoms. The molecule has 0 radical (unpaired) electrons. The van der Waals surface area contributed by atoms with Crippen LogP contribution in [-0.2, 0) is 14.3 Å². The predicted molar refractivity (Wildman–Crippen MR) is 89.5 cm³/mol. The van der Waals surface area contributed by atoms with Crippen molar-refractivity contribution >= 4 is 50.9 Å². The maximum atomic E-state index is 11.9. The molecule has 7 heteroatoms. The van der Waals surface area contributed by atoms with Crippen LogP contribution < -0.4 is 5.32 Å². The molecule has 1 aromatic heterocycles. The van der Waals surface area contributed by atoms with Crippen LogP contribution in [-0.4, -0.2) is 23.0 Å². The Balaban J connectivity index is 1.85. The van der Waals surface area contributed by atoms with Crippen molar-refractivity contribution in [2.45, 2.75) is 13.0 Å². The molecule has 2 aromatic rings. The van der Waals surface area contributed by atoms with Gasteiger partial charge in [0.05, 0.1) is 0 Å². The highest BCUT2D eigenvalue weighted by Gasteiger charge is 2.16. The van der Waals surface area contributed by atoms with Gasteiger partial charge in [-0.25, -0.2) is 9.78 Å². The SMILES string of the molecule is CC(OC(=O)C=Cc1nccs1)C(=O)Nc1ccc(Br)cc1. The number of halogens is 1. The zero-order valence-electron chi connectivity index (χ0n) is 11.7. The molecule has 1 heterocycles. The van der Waals surface area contributed by atoms with Crippen LogP contribution in [0, 0.1) is 0 Å². The van der Waals surface area contributed by atoms with Crippen molar-refractivity contribution in [3.05, 3.63) is 51.4 Å². The minimum absolute atomic E-state index is 0.390. The van der Waals surface area contributed by atoms with Crippen LogP contribution in [0.5, 0.6) is 0 Å². The lowest BCUT2D eigenvalue weighted by Crippen LogP contribution is -2.29. The van der Waals surface area contributed by atoms with Crippen molar-refractivity contribution in [2.75, 3.05) is 5.32 Å². The molecule has 0 saturated heterocycles. The van der Waals surface area contributed by atoms with Gasteiger partial charge in [-0.2, -0.15) is 0 Å². The van der Waals surface area contributed by atoms with Gasteiger partial charge in [0.15, 0.2) is 6.10 Å². The van der Waals surface area contributed by atoms with Crippen LogP contribution in [0.15, 0.2) is 46.4 Å². The van der Waals surface area contributed by atoms with E-state index in [9.17, 15) is 9.59 Å². The normalized spacial score (nSPS) is 12.1. The molecule has 0 fully saturated rings. The van der Waals surface area contributed by atoms with Gasteiger partial charge in [-0.3, -0.25) is 4.79 Å². The lowest BCUT2D eigenvalue weighted by atomic mass is 10.3. The van der Waals surface area contributed by atoms with E-state index >= 15 is 0 Å². The van der Waals surface area contributed by atoms with Gasteiger partial charge in [0.2, 0.25) is 0 Å². The van der Waals surface area contributed by atoms with Gasteiger partial charge in [0, 0.05) is 27.8 Å². The topological polar surface area (TPSA) is 68.3 Å². The van der Waals surface area contributed by atoms with Crippen LogP contribution in [0.2, 0.25) is 0 Å². The number of esters is 1. The van der Waals surface area contributed by atoms with Crippen molar-refractivity contribution in [2.24, 2.45) is 0 Å². The molecule has 1 atom stereocenters. The van der Waals surface area contributed by atoms with Crippen LogP contribution in [0.25, 0.3) is 6.08 Å². The standard InChI is InChI=1S/C15H13BrN2O3S/c1-10(15(20)18-12-4-2-11(16)3-5-12)21-14(19)7-6-13-17-8-9-22-13/h2-10H,1H3,(H,18,20). The van der Waals surface area contributed by atoms with Crippen LogP contribution in [0.3, 0.4) is 0 Å². The molecule has 1 N–H and O–H groups in total. The first-order valence-corrected chi connectivity index (χ1v) is 8.06. The van der Waals surface area contributed by atoms with Gasteiger partial charge in [0.1, 0.15) is 5.01 Å². The summed E-state index contributed by atoms with van der Waals surface area (Å²) in [5, 5.41) is 5.18. The number of hydrogen-bond donors (Lipinski definition) is 1. The third-order valence-corrected chi connectivity index (χ3v) is 3.86. The molecule has 0 aliphatic rings. The fraction of sp³-hybridized carbons (Fsp3) is 0.133. The van der Waals surface area contributed by atoms with Gasteiger partial charge in [-0.05, 0) is 37.3 Å². The molecule has 1 unspecified atom stereocenters. The fourth-order valence-electron chi connectivity index (χ4n) is 1.50. The Bertz CT molecular complexity index is 669. The number of amides is 1. The second-order valence-corrected chi connectivity index (χ2v) is 6.12. The Labute approximate surface area is 140 Å². The molecule has 5 nitrogen and oxygen atoms in total. The quantitative estimate of drug-likeness (QED) is 0.636. The summed E-state index contributed by atoms with van der Waals surface area (Å²) in [5.41, 5.74) is 0.634. The fourth-order valence-corrected chi connectivity index (χ4v) is 2.29. The molecule has 2 rings (SSSR count). The van der Waals surface area contributed by atoms with Gasteiger partial charge >= 0.3 is 5.97 Å². The van der Waals surface area contributed by atoms with E-state index in [1.807, 2.05) is 12.1 Å². The third-order valence-electron chi connectivity index (χ3n) is 2.59. The molecule has 0 aliphatic carbocycles. The van der Waals surface area contributed by atoms with Crippen molar-refractivity contribution in [1.29, 1.82) is 0 Å². The molecular weight excluding hydrogens is 368 g/mol. The largest absolute Gasteiger partial charge is 0.449 e. The van der Waals surface area contributed by atoms with Crippen molar-refractivity contribution < 1.29 is 14.3 Å². The second kappa shape index (κ2) is 7.86. The third kappa shape index (κ3) is 5.09. The number of anilines is 1. The molecule has 114 valence electrons. The number of thiazole rings is 1. The number of rotatable bonds is 5. The Kier molecular flexibility index (Phi) is 5.85. The predicted octanol–water partition coefficient (Wildman–Crippen LogP) is 3.49. The Morgan fingerprint density at radius 2 is 2.09 bits per heavy atom. The van der Waals surface area contributed by atoms with Crippen molar-refractivity contribution in [3.8, 4) is 0 Å². The minimum atomic E-state index is -0.892. The maximum absolute atomic E-state index is 11.9. The zero-order chi connectivity index (χ0) is 15.9. The van der Waals surface area contributed by atoms with E-state index in [2.05, 4.69) is 26.2 Å². The number of nitrogens with one attached hydrogen (secondary N) is 1. The summed E-state index contributed by atoms with van der Waals surface area (Å²) < 4.78 is 5.95. The van der Waals surface area contributed by atoms with Gasteiger partial charge in [-0.1, -0.05) is 15.9 Å². The monoisotopic (exact) mass is 380 g/mol. The summed E-state index contributed by atoms with van der Waals surface area (Å²) in [7, 11) is 0.